The van der Waals surface area contributed by atoms with Crippen molar-refractivity contribution in [1.29, 1.82) is 0 Å². The van der Waals surface area contributed by atoms with Crippen LogP contribution in [0.3, 0.4) is 0 Å². The summed E-state index contributed by atoms with van der Waals surface area (Å²) in [4.78, 5) is 23.3. The highest BCUT2D eigenvalue weighted by Gasteiger charge is 2.14. The Balaban J connectivity index is 2.44. The topological polar surface area (TPSA) is 96.2 Å². The summed E-state index contributed by atoms with van der Waals surface area (Å²) in [5.74, 6) is -0.194. The minimum atomic E-state index is -0.579. The van der Waals surface area contributed by atoms with E-state index in [0.29, 0.717) is 18.8 Å². The fourth-order valence-corrected chi connectivity index (χ4v) is 1.55. The summed E-state index contributed by atoms with van der Waals surface area (Å²) >= 11 is 0. The van der Waals surface area contributed by atoms with Gasteiger partial charge in [0.15, 0.2) is 0 Å². The highest BCUT2D eigenvalue weighted by atomic mass is 16.2. The Hall–Kier alpha value is -2.08. The number of nitrogens with two attached hydrogens (primary N) is 1. The zero-order valence-electron chi connectivity index (χ0n) is 11.9. The van der Waals surface area contributed by atoms with Crippen LogP contribution in [0.5, 0.6) is 0 Å². The molecule has 1 rings (SSSR count). The first-order chi connectivity index (χ1) is 9.56. The average Bonchev–Trinajstić information content (AvgIpc) is 2.45. The molecule has 1 aromatic carbocycles. The van der Waals surface area contributed by atoms with Crippen molar-refractivity contribution in [1.82, 2.24) is 10.6 Å². The van der Waals surface area contributed by atoms with E-state index in [9.17, 15) is 9.59 Å². The zero-order chi connectivity index (χ0) is 15.0. The molecule has 0 aromatic heterocycles. The van der Waals surface area contributed by atoms with Crippen LogP contribution in [0.25, 0.3) is 0 Å². The lowest BCUT2D eigenvalue weighted by atomic mass is 10.2. The lowest BCUT2D eigenvalue weighted by Crippen LogP contribution is -2.46. The van der Waals surface area contributed by atoms with Gasteiger partial charge in [-0.05, 0) is 31.0 Å². The lowest BCUT2D eigenvalue weighted by Gasteiger charge is -2.14. The van der Waals surface area contributed by atoms with Crippen LogP contribution in [0.15, 0.2) is 24.3 Å². The van der Waals surface area contributed by atoms with E-state index in [1.54, 1.807) is 19.1 Å². The molecule has 0 aliphatic heterocycles. The monoisotopic (exact) mass is 278 g/mol. The molecule has 6 nitrogen and oxygen atoms in total. The second-order valence-corrected chi connectivity index (χ2v) is 4.51. The summed E-state index contributed by atoms with van der Waals surface area (Å²) in [6, 6.07) is 6.22. The number of amides is 3. The minimum absolute atomic E-state index is 0.194. The molecular formula is C14H22N4O2. The van der Waals surface area contributed by atoms with E-state index in [1.165, 1.54) is 0 Å². The first-order valence-electron chi connectivity index (χ1n) is 6.71. The molecule has 0 saturated heterocycles. The molecule has 0 bridgehead atoms. The quantitative estimate of drug-likeness (QED) is 0.629. The number of nitrogens with one attached hydrogen (secondary N) is 3. The largest absolute Gasteiger partial charge is 0.354 e. The van der Waals surface area contributed by atoms with Crippen LogP contribution in [0.2, 0.25) is 0 Å². The average molecular weight is 278 g/mol. The lowest BCUT2D eigenvalue weighted by molar-refractivity contribution is -0.122. The summed E-state index contributed by atoms with van der Waals surface area (Å²) in [6.45, 7) is 4.67. The summed E-state index contributed by atoms with van der Waals surface area (Å²) in [5, 5.41) is 7.96. The molecule has 0 spiro atoms. The summed E-state index contributed by atoms with van der Waals surface area (Å²) in [5.41, 5.74) is 7.14. The Labute approximate surface area is 119 Å². The Morgan fingerprint density at radius 2 is 1.90 bits per heavy atom. The van der Waals surface area contributed by atoms with E-state index in [2.05, 4.69) is 16.0 Å². The van der Waals surface area contributed by atoms with E-state index in [-0.39, 0.29) is 5.91 Å². The third kappa shape index (κ3) is 5.27. The van der Waals surface area contributed by atoms with Crippen LogP contribution in [-0.2, 0) is 11.3 Å². The normalized spacial score (nSPS) is 11.6. The molecule has 6 heteroatoms. The van der Waals surface area contributed by atoms with Crippen LogP contribution >= 0.6 is 0 Å². The van der Waals surface area contributed by atoms with E-state index >= 15 is 0 Å². The SMILES string of the molecule is CCCNC(=O)C(C)NC(=O)Nc1ccc(CN)cc1. The number of anilines is 1. The number of rotatable bonds is 6. The maximum Gasteiger partial charge on any atom is 0.319 e. The number of hydrogen-bond acceptors (Lipinski definition) is 3. The van der Waals surface area contributed by atoms with E-state index in [0.717, 1.165) is 12.0 Å². The van der Waals surface area contributed by atoms with E-state index in [4.69, 9.17) is 5.73 Å². The van der Waals surface area contributed by atoms with Crippen molar-refractivity contribution in [3.05, 3.63) is 29.8 Å². The van der Waals surface area contributed by atoms with Gasteiger partial charge in [0.05, 0.1) is 0 Å². The number of hydrogen-bond donors (Lipinski definition) is 4. The molecule has 20 heavy (non-hydrogen) atoms. The molecule has 110 valence electrons. The summed E-state index contributed by atoms with van der Waals surface area (Å²) in [6.07, 6.45) is 0.859. The van der Waals surface area contributed by atoms with Crippen LogP contribution in [0, 0.1) is 0 Å². The predicted octanol–water partition coefficient (Wildman–Crippen LogP) is 1.18. The van der Waals surface area contributed by atoms with E-state index in [1.807, 2.05) is 19.1 Å². The number of carbonyl (C=O) groups is 2. The van der Waals surface area contributed by atoms with Gasteiger partial charge in [-0.3, -0.25) is 4.79 Å². The molecule has 0 aliphatic carbocycles. The third-order valence-electron chi connectivity index (χ3n) is 2.74. The van der Waals surface area contributed by atoms with Crippen molar-refractivity contribution in [2.45, 2.75) is 32.9 Å². The van der Waals surface area contributed by atoms with Crippen LogP contribution in [0.4, 0.5) is 10.5 Å². The van der Waals surface area contributed by atoms with Gasteiger partial charge in [-0.1, -0.05) is 19.1 Å². The summed E-state index contributed by atoms with van der Waals surface area (Å²) in [7, 11) is 0. The highest BCUT2D eigenvalue weighted by molar-refractivity contribution is 5.93. The summed E-state index contributed by atoms with van der Waals surface area (Å²) < 4.78 is 0. The molecule has 0 fully saturated rings. The van der Waals surface area contributed by atoms with Gasteiger partial charge in [0, 0.05) is 18.8 Å². The van der Waals surface area contributed by atoms with Gasteiger partial charge >= 0.3 is 6.03 Å². The molecule has 3 amide bonds. The molecule has 1 unspecified atom stereocenters. The Bertz CT molecular complexity index is 445. The molecular weight excluding hydrogens is 256 g/mol. The van der Waals surface area contributed by atoms with Crippen LogP contribution in [-0.4, -0.2) is 24.5 Å². The third-order valence-corrected chi connectivity index (χ3v) is 2.74. The van der Waals surface area contributed by atoms with Crippen molar-refractivity contribution >= 4 is 17.6 Å². The maximum absolute atomic E-state index is 11.7. The van der Waals surface area contributed by atoms with Gasteiger partial charge in [0.1, 0.15) is 6.04 Å². The van der Waals surface area contributed by atoms with Gasteiger partial charge in [-0.15, -0.1) is 0 Å². The molecule has 1 aromatic rings. The van der Waals surface area contributed by atoms with Gasteiger partial charge in [-0.2, -0.15) is 0 Å². The molecule has 0 radical (unpaired) electrons. The smallest absolute Gasteiger partial charge is 0.319 e. The second kappa shape index (κ2) is 8.16. The van der Waals surface area contributed by atoms with Crippen LogP contribution < -0.4 is 21.7 Å². The molecule has 0 saturated carbocycles. The highest BCUT2D eigenvalue weighted by Crippen LogP contribution is 2.08. The van der Waals surface area contributed by atoms with Crippen molar-refractivity contribution in [2.24, 2.45) is 5.73 Å². The molecule has 1 atom stereocenters. The standard InChI is InChI=1S/C14H22N4O2/c1-3-8-16-13(19)10(2)17-14(20)18-12-6-4-11(9-15)5-7-12/h4-7,10H,3,8-9,15H2,1-2H3,(H,16,19)(H2,17,18,20). The van der Waals surface area contributed by atoms with Gasteiger partial charge in [0.2, 0.25) is 5.91 Å². The van der Waals surface area contributed by atoms with E-state index < -0.39 is 12.1 Å². The number of urea groups is 1. The molecule has 0 heterocycles. The first-order valence-corrected chi connectivity index (χ1v) is 6.71. The fourth-order valence-electron chi connectivity index (χ4n) is 1.55. The van der Waals surface area contributed by atoms with Gasteiger partial charge < -0.3 is 21.7 Å². The van der Waals surface area contributed by atoms with Gasteiger partial charge in [0.25, 0.3) is 0 Å². The fraction of sp³-hybridized carbons (Fsp3) is 0.429. The van der Waals surface area contributed by atoms with Crippen molar-refractivity contribution in [2.75, 3.05) is 11.9 Å². The second-order valence-electron chi connectivity index (χ2n) is 4.51. The Kier molecular flexibility index (Phi) is 6.52. The minimum Gasteiger partial charge on any atom is -0.354 e. The van der Waals surface area contributed by atoms with Gasteiger partial charge in [-0.25, -0.2) is 4.79 Å². The van der Waals surface area contributed by atoms with Crippen molar-refractivity contribution in [3.8, 4) is 0 Å². The van der Waals surface area contributed by atoms with Crippen LogP contribution in [0.1, 0.15) is 25.8 Å². The van der Waals surface area contributed by atoms with Crippen molar-refractivity contribution < 1.29 is 9.59 Å². The molecule has 5 N–H and O–H groups in total. The first kappa shape index (κ1) is 16.0. The number of carbonyl (C=O) groups excluding carboxylic acids is 2. The predicted molar refractivity (Wildman–Crippen MR) is 79.3 cm³/mol. The van der Waals surface area contributed by atoms with Crippen molar-refractivity contribution in [3.63, 3.8) is 0 Å². The molecule has 0 aliphatic rings. The maximum atomic E-state index is 11.7. The zero-order valence-corrected chi connectivity index (χ0v) is 11.9. The Morgan fingerprint density at radius 3 is 2.45 bits per heavy atom. The Morgan fingerprint density at radius 1 is 1.25 bits per heavy atom. The number of benzene rings is 1.